The zero-order valence-corrected chi connectivity index (χ0v) is 11.4. The summed E-state index contributed by atoms with van der Waals surface area (Å²) in [4.78, 5) is 1.25. The summed E-state index contributed by atoms with van der Waals surface area (Å²) in [5.41, 5.74) is 6.43. The second kappa shape index (κ2) is 6.60. The smallest absolute Gasteiger partial charge is 0.401 e. The third kappa shape index (κ3) is 4.73. The molecule has 0 aromatic heterocycles. The lowest BCUT2D eigenvalue weighted by Crippen LogP contribution is -2.33. The Morgan fingerprint density at radius 2 is 2.05 bits per heavy atom. The highest BCUT2D eigenvalue weighted by atomic mass is 19.4. The number of nitrogens with two attached hydrogens (primary N) is 1. The van der Waals surface area contributed by atoms with Crippen molar-refractivity contribution in [3.63, 3.8) is 0 Å². The molecule has 0 aliphatic carbocycles. The van der Waals surface area contributed by atoms with Crippen LogP contribution < -0.4 is 10.5 Å². The Labute approximate surface area is 115 Å². The Kier molecular flexibility index (Phi) is 5.38. The molecule has 0 atom stereocenters. The Morgan fingerprint density at radius 3 is 2.50 bits per heavy atom. The van der Waals surface area contributed by atoms with Crippen LogP contribution in [0.15, 0.2) is 18.2 Å². The largest absolute Gasteiger partial charge is 0.496 e. The number of benzene rings is 1. The van der Waals surface area contributed by atoms with E-state index < -0.39 is 12.7 Å². The van der Waals surface area contributed by atoms with E-state index in [2.05, 4.69) is 0 Å². The molecule has 1 aromatic carbocycles. The monoisotopic (exact) mass is 289 g/mol. The van der Waals surface area contributed by atoms with Crippen molar-refractivity contribution in [2.75, 3.05) is 20.2 Å². The van der Waals surface area contributed by atoms with Crippen molar-refractivity contribution in [3.8, 4) is 5.75 Å². The molecule has 0 fully saturated rings. The van der Waals surface area contributed by atoms with Crippen LogP contribution in [-0.4, -0.2) is 37.1 Å². The maximum absolute atomic E-state index is 12.5. The molecule has 0 unspecified atom stereocenters. The molecule has 3 N–H and O–H groups in total. The van der Waals surface area contributed by atoms with Crippen molar-refractivity contribution in [3.05, 3.63) is 29.3 Å². The minimum Gasteiger partial charge on any atom is -0.496 e. The fraction of sp³-hybridized carbons (Fsp3) is 0.462. The number of alkyl halides is 3. The number of ether oxygens (including phenoxy) is 1. The predicted molar refractivity (Wildman–Crippen MR) is 71.0 cm³/mol. The average molecular weight is 289 g/mol. The first-order valence-corrected chi connectivity index (χ1v) is 6.07. The van der Waals surface area contributed by atoms with E-state index in [0.717, 1.165) is 0 Å². The van der Waals surface area contributed by atoms with E-state index in [1.807, 2.05) is 0 Å². The van der Waals surface area contributed by atoms with Gasteiger partial charge in [-0.2, -0.15) is 13.2 Å². The molecule has 0 aliphatic heterocycles. The molecule has 1 rings (SSSR count). The normalized spacial score (nSPS) is 11.7. The van der Waals surface area contributed by atoms with Crippen LogP contribution in [0.4, 0.5) is 13.2 Å². The van der Waals surface area contributed by atoms with Gasteiger partial charge in [-0.3, -0.25) is 10.3 Å². The highest BCUT2D eigenvalue weighted by molar-refractivity contribution is 5.95. The van der Waals surface area contributed by atoms with Gasteiger partial charge < -0.3 is 10.5 Å². The third-order valence-electron chi connectivity index (χ3n) is 2.84. The molecule has 0 amide bonds. The van der Waals surface area contributed by atoms with Crippen LogP contribution in [0.25, 0.3) is 0 Å². The number of hydrogen-bond acceptors (Lipinski definition) is 3. The summed E-state index contributed by atoms with van der Waals surface area (Å²) >= 11 is 0. The zero-order valence-electron chi connectivity index (χ0n) is 11.4. The van der Waals surface area contributed by atoms with Gasteiger partial charge in [-0.25, -0.2) is 0 Å². The second-order valence-corrected chi connectivity index (χ2v) is 4.36. The third-order valence-corrected chi connectivity index (χ3v) is 2.84. The molecule has 0 radical (unpaired) electrons. The highest BCUT2D eigenvalue weighted by Gasteiger charge is 2.30. The van der Waals surface area contributed by atoms with Crippen molar-refractivity contribution in [2.24, 2.45) is 5.73 Å². The first-order chi connectivity index (χ1) is 9.26. The molecule has 7 heteroatoms. The zero-order chi connectivity index (χ0) is 15.3. The van der Waals surface area contributed by atoms with E-state index in [4.69, 9.17) is 15.9 Å². The number of hydrogen-bond donors (Lipinski definition) is 2. The van der Waals surface area contributed by atoms with Crippen LogP contribution in [0, 0.1) is 5.41 Å². The quantitative estimate of drug-likeness (QED) is 0.624. The van der Waals surface area contributed by atoms with Gasteiger partial charge in [0.2, 0.25) is 0 Å². The fourth-order valence-corrected chi connectivity index (χ4v) is 1.84. The molecule has 0 bridgehead atoms. The van der Waals surface area contributed by atoms with Crippen molar-refractivity contribution >= 4 is 5.84 Å². The Bertz CT molecular complexity index is 474. The SMILES string of the molecule is CCN(Cc1cc(C(=N)N)ccc1OC)CC(F)(F)F. The van der Waals surface area contributed by atoms with Crippen molar-refractivity contribution in [1.82, 2.24) is 4.90 Å². The van der Waals surface area contributed by atoms with Gasteiger partial charge in [-0.1, -0.05) is 6.92 Å². The lowest BCUT2D eigenvalue weighted by atomic mass is 10.1. The number of amidine groups is 1. The first-order valence-electron chi connectivity index (χ1n) is 6.07. The molecule has 0 spiro atoms. The van der Waals surface area contributed by atoms with Crippen LogP contribution in [0.1, 0.15) is 18.1 Å². The molecular formula is C13H18F3N3O. The van der Waals surface area contributed by atoms with Gasteiger partial charge >= 0.3 is 6.18 Å². The van der Waals surface area contributed by atoms with Gasteiger partial charge in [0, 0.05) is 17.7 Å². The highest BCUT2D eigenvalue weighted by Crippen LogP contribution is 2.24. The lowest BCUT2D eigenvalue weighted by molar-refractivity contribution is -0.146. The van der Waals surface area contributed by atoms with Gasteiger partial charge in [-0.15, -0.1) is 0 Å². The average Bonchev–Trinajstić information content (AvgIpc) is 2.36. The van der Waals surface area contributed by atoms with Crippen LogP contribution in [0.5, 0.6) is 5.75 Å². The maximum Gasteiger partial charge on any atom is 0.401 e. The van der Waals surface area contributed by atoms with Gasteiger partial charge in [0.05, 0.1) is 13.7 Å². The maximum atomic E-state index is 12.5. The molecule has 4 nitrogen and oxygen atoms in total. The number of nitrogens with zero attached hydrogens (tertiary/aromatic N) is 1. The van der Waals surface area contributed by atoms with E-state index in [9.17, 15) is 13.2 Å². The molecular weight excluding hydrogens is 271 g/mol. The fourth-order valence-electron chi connectivity index (χ4n) is 1.84. The van der Waals surface area contributed by atoms with Crippen LogP contribution in [0.3, 0.4) is 0 Å². The van der Waals surface area contributed by atoms with Gasteiger partial charge in [-0.05, 0) is 24.7 Å². The standard InChI is InChI=1S/C13H18F3N3O/c1-3-19(8-13(14,15)16)7-10-6-9(12(17)18)4-5-11(10)20-2/h4-6H,3,7-8H2,1-2H3,(H3,17,18). The number of nitrogen functional groups attached to an aromatic ring is 1. The molecule has 0 aliphatic rings. The molecule has 0 saturated carbocycles. The number of rotatable bonds is 6. The summed E-state index contributed by atoms with van der Waals surface area (Å²) in [6.07, 6.45) is -4.25. The molecule has 0 heterocycles. The Balaban J connectivity index is 2.98. The second-order valence-electron chi connectivity index (χ2n) is 4.36. The van der Waals surface area contributed by atoms with E-state index in [0.29, 0.717) is 16.9 Å². The lowest BCUT2D eigenvalue weighted by Gasteiger charge is -2.23. The topological polar surface area (TPSA) is 62.3 Å². The van der Waals surface area contributed by atoms with Crippen molar-refractivity contribution in [1.29, 1.82) is 5.41 Å². The Morgan fingerprint density at radius 1 is 1.40 bits per heavy atom. The number of halogens is 3. The Hall–Kier alpha value is -1.76. The van der Waals surface area contributed by atoms with E-state index in [1.54, 1.807) is 25.1 Å². The summed E-state index contributed by atoms with van der Waals surface area (Å²) in [6, 6.07) is 4.79. The number of methoxy groups -OCH3 is 1. The molecule has 1 aromatic rings. The van der Waals surface area contributed by atoms with E-state index in [1.165, 1.54) is 12.0 Å². The van der Waals surface area contributed by atoms with E-state index >= 15 is 0 Å². The van der Waals surface area contributed by atoms with Crippen molar-refractivity contribution < 1.29 is 17.9 Å². The summed E-state index contributed by atoms with van der Waals surface area (Å²) in [7, 11) is 1.45. The van der Waals surface area contributed by atoms with E-state index in [-0.39, 0.29) is 18.9 Å². The predicted octanol–water partition coefficient (Wildman–Crippen LogP) is 2.36. The van der Waals surface area contributed by atoms with Gasteiger partial charge in [0.25, 0.3) is 0 Å². The summed E-state index contributed by atoms with van der Waals surface area (Å²) in [5, 5.41) is 7.37. The first kappa shape index (κ1) is 16.3. The van der Waals surface area contributed by atoms with Crippen molar-refractivity contribution in [2.45, 2.75) is 19.6 Å². The number of nitrogens with one attached hydrogen (secondary N) is 1. The molecule has 20 heavy (non-hydrogen) atoms. The molecule has 112 valence electrons. The summed E-state index contributed by atoms with van der Waals surface area (Å²) in [6.45, 7) is 1.01. The van der Waals surface area contributed by atoms with Crippen LogP contribution in [0.2, 0.25) is 0 Å². The van der Waals surface area contributed by atoms with Gasteiger partial charge in [0.1, 0.15) is 11.6 Å². The van der Waals surface area contributed by atoms with Crippen LogP contribution >= 0.6 is 0 Å². The summed E-state index contributed by atoms with van der Waals surface area (Å²) < 4.78 is 42.5. The molecule has 0 saturated heterocycles. The minimum absolute atomic E-state index is 0.0836. The minimum atomic E-state index is -4.25. The van der Waals surface area contributed by atoms with Crippen LogP contribution in [-0.2, 0) is 6.54 Å². The summed E-state index contributed by atoms with van der Waals surface area (Å²) in [5.74, 6) is 0.350. The van der Waals surface area contributed by atoms with Gasteiger partial charge in [0.15, 0.2) is 0 Å².